The first-order valence-corrected chi connectivity index (χ1v) is 9.29. The molecule has 5 N–H and O–H groups in total. The van der Waals surface area contributed by atoms with Crippen molar-refractivity contribution in [2.45, 2.75) is 25.7 Å². The Kier molecular flexibility index (Phi) is 5.81. The number of piperidine rings is 2. The van der Waals surface area contributed by atoms with Crippen LogP contribution in [0.4, 0.5) is 11.4 Å². The van der Waals surface area contributed by atoms with Crippen LogP contribution in [0.2, 0.25) is 0 Å². The zero-order valence-electron chi connectivity index (χ0n) is 15.7. The molecular formula is C19H27N7O. The number of hydrogen-bond acceptors (Lipinski definition) is 7. The van der Waals surface area contributed by atoms with E-state index >= 15 is 0 Å². The lowest BCUT2D eigenvalue weighted by Crippen LogP contribution is -2.45. The Morgan fingerprint density at radius 2 is 2.04 bits per heavy atom. The summed E-state index contributed by atoms with van der Waals surface area (Å²) < 4.78 is 5.48. The van der Waals surface area contributed by atoms with Gasteiger partial charge in [-0.15, -0.1) is 0 Å². The molecule has 2 aliphatic rings. The monoisotopic (exact) mass is 369 g/mol. The fraction of sp³-hybridized carbons (Fsp3) is 0.526. The lowest BCUT2D eigenvalue weighted by atomic mass is 9.71. The van der Waals surface area contributed by atoms with E-state index in [1.807, 2.05) is 18.2 Å². The van der Waals surface area contributed by atoms with E-state index in [1.165, 1.54) is 25.7 Å². The Morgan fingerprint density at radius 1 is 1.33 bits per heavy atom. The van der Waals surface area contributed by atoms with E-state index < -0.39 is 0 Å². The maximum atomic E-state index is 8.94. The molecule has 1 aromatic carbocycles. The van der Waals surface area contributed by atoms with E-state index in [-0.39, 0.29) is 11.5 Å². The van der Waals surface area contributed by atoms with Gasteiger partial charge in [0.1, 0.15) is 11.8 Å². The van der Waals surface area contributed by atoms with Crippen molar-refractivity contribution in [2.75, 3.05) is 43.6 Å². The van der Waals surface area contributed by atoms with Crippen molar-refractivity contribution in [1.29, 1.82) is 10.7 Å². The number of amidine groups is 1. The van der Waals surface area contributed by atoms with Crippen molar-refractivity contribution in [1.82, 2.24) is 5.32 Å². The summed E-state index contributed by atoms with van der Waals surface area (Å²) in [5.74, 6) is 0.264. The molecule has 144 valence electrons. The number of nitriles is 1. The maximum absolute atomic E-state index is 8.94. The standard InChI is InChI=1S/C19H27N7O/c1-27-17-12-14(2-3-15(17)24-25-16(13-20)18(21)22)26-10-6-19(7-11-26)4-8-23-9-5-19/h2-3,12,23-24H,4-11H2,1H3,(H3,21,22)/b25-16+. The van der Waals surface area contributed by atoms with Gasteiger partial charge in [-0.3, -0.25) is 10.8 Å². The van der Waals surface area contributed by atoms with Crippen LogP contribution in [-0.2, 0) is 0 Å². The van der Waals surface area contributed by atoms with Gasteiger partial charge < -0.3 is 20.7 Å². The number of nitrogens with zero attached hydrogens (tertiary/aromatic N) is 3. The summed E-state index contributed by atoms with van der Waals surface area (Å²) in [4.78, 5) is 2.40. The fourth-order valence-electron chi connectivity index (χ4n) is 3.93. The lowest BCUT2D eigenvalue weighted by Gasteiger charge is -2.45. The second-order valence-electron chi connectivity index (χ2n) is 7.22. The third-order valence-electron chi connectivity index (χ3n) is 5.69. The normalized spacial score (nSPS) is 19.4. The average molecular weight is 369 g/mol. The molecule has 2 saturated heterocycles. The average Bonchev–Trinajstić information content (AvgIpc) is 2.69. The Bertz CT molecular complexity index is 752. The molecule has 0 aromatic heterocycles. The second kappa shape index (κ2) is 8.27. The van der Waals surface area contributed by atoms with Gasteiger partial charge in [0.25, 0.3) is 0 Å². The van der Waals surface area contributed by atoms with Crippen molar-refractivity contribution >= 4 is 22.9 Å². The van der Waals surface area contributed by atoms with Gasteiger partial charge in [0, 0.05) is 24.8 Å². The highest BCUT2D eigenvalue weighted by molar-refractivity contribution is 6.45. The molecule has 0 unspecified atom stereocenters. The molecule has 0 saturated carbocycles. The summed E-state index contributed by atoms with van der Waals surface area (Å²) in [7, 11) is 1.60. The number of benzene rings is 1. The van der Waals surface area contributed by atoms with E-state index in [2.05, 4.69) is 20.7 Å². The summed E-state index contributed by atoms with van der Waals surface area (Å²) in [6.07, 6.45) is 5.02. The molecule has 2 heterocycles. The van der Waals surface area contributed by atoms with Crippen LogP contribution in [0.3, 0.4) is 0 Å². The zero-order valence-corrected chi connectivity index (χ0v) is 15.7. The number of rotatable bonds is 5. The predicted octanol–water partition coefficient (Wildman–Crippen LogP) is 1.89. The molecule has 1 aromatic rings. The molecule has 0 atom stereocenters. The summed E-state index contributed by atoms with van der Waals surface area (Å²) in [5.41, 5.74) is 10.2. The number of hydrazone groups is 1. The van der Waals surface area contributed by atoms with Gasteiger partial charge in [-0.05, 0) is 56.3 Å². The molecule has 8 heteroatoms. The Balaban J connectivity index is 1.69. The zero-order chi connectivity index (χ0) is 19.3. The molecule has 0 radical (unpaired) electrons. The van der Waals surface area contributed by atoms with Gasteiger partial charge in [0.05, 0.1) is 12.8 Å². The minimum absolute atomic E-state index is 0.163. The van der Waals surface area contributed by atoms with Crippen molar-refractivity contribution in [2.24, 2.45) is 16.3 Å². The van der Waals surface area contributed by atoms with Crippen LogP contribution in [0.1, 0.15) is 25.7 Å². The lowest BCUT2D eigenvalue weighted by molar-refractivity contribution is 0.155. The Morgan fingerprint density at radius 3 is 2.63 bits per heavy atom. The van der Waals surface area contributed by atoms with Crippen LogP contribution in [0.5, 0.6) is 5.75 Å². The van der Waals surface area contributed by atoms with Gasteiger partial charge in [-0.2, -0.15) is 10.4 Å². The van der Waals surface area contributed by atoms with E-state index in [1.54, 1.807) is 13.2 Å². The van der Waals surface area contributed by atoms with Crippen LogP contribution in [0, 0.1) is 22.2 Å². The first-order valence-electron chi connectivity index (χ1n) is 9.29. The molecule has 0 amide bonds. The SMILES string of the molecule is COc1cc(N2CCC3(CCNCC3)CC2)ccc1N/N=C(\C#N)C(=N)N. The minimum atomic E-state index is -0.374. The number of nitrogens with one attached hydrogen (secondary N) is 3. The molecule has 2 aliphatic heterocycles. The summed E-state index contributed by atoms with van der Waals surface area (Å²) >= 11 is 0. The number of ether oxygens (including phenoxy) is 1. The maximum Gasteiger partial charge on any atom is 0.201 e. The topological polar surface area (TPSA) is 123 Å². The van der Waals surface area contributed by atoms with Crippen molar-refractivity contribution in [3.05, 3.63) is 18.2 Å². The van der Waals surface area contributed by atoms with Crippen molar-refractivity contribution in [3.8, 4) is 11.8 Å². The highest BCUT2D eigenvalue weighted by Crippen LogP contribution is 2.41. The molecule has 2 fully saturated rings. The van der Waals surface area contributed by atoms with E-state index in [0.29, 0.717) is 16.9 Å². The highest BCUT2D eigenvalue weighted by Gasteiger charge is 2.35. The van der Waals surface area contributed by atoms with Crippen LogP contribution >= 0.6 is 0 Å². The van der Waals surface area contributed by atoms with Gasteiger partial charge in [0.15, 0.2) is 5.84 Å². The van der Waals surface area contributed by atoms with Gasteiger partial charge in [-0.1, -0.05) is 0 Å². The molecule has 3 rings (SSSR count). The quantitative estimate of drug-likeness (QED) is 0.357. The molecule has 1 spiro atoms. The van der Waals surface area contributed by atoms with Crippen molar-refractivity contribution in [3.63, 3.8) is 0 Å². The van der Waals surface area contributed by atoms with Crippen LogP contribution < -0.4 is 26.1 Å². The summed E-state index contributed by atoms with van der Waals surface area (Å²) in [6.45, 7) is 4.38. The van der Waals surface area contributed by atoms with Crippen LogP contribution in [-0.4, -0.2) is 44.8 Å². The minimum Gasteiger partial charge on any atom is -0.494 e. The second-order valence-corrected chi connectivity index (χ2v) is 7.22. The molecular weight excluding hydrogens is 342 g/mol. The predicted molar refractivity (Wildman–Crippen MR) is 108 cm³/mol. The Labute approximate surface area is 159 Å². The number of methoxy groups -OCH3 is 1. The van der Waals surface area contributed by atoms with E-state index in [4.69, 9.17) is 21.1 Å². The highest BCUT2D eigenvalue weighted by atomic mass is 16.5. The van der Waals surface area contributed by atoms with Crippen molar-refractivity contribution < 1.29 is 4.74 Å². The van der Waals surface area contributed by atoms with Gasteiger partial charge in [0.2, 0.25) is 5.71 Å². The number of hydrogen-bond donors (Lipinski definition) is 4. The van der Waals surface area contributed by atoms with E-state index in [9.17, 15) is 0 Å². The summed E-state index contributed by atoms with van der Waals surface area (Å²) in [5, 5.41) is 23.6. The third-order valence-corrected chi connectivity index (χ3v) is 5.69. The van der Waals surface area contributed by atoms with E-state index in [0.717, 1.165) is 31.9 Å². The molecule has 0 bridgehead atoms. The smallest absolute Gasteiger partial charge is 0.201 e. The summed E-state index contributed by atoms with van der Waals surface area (Å²) in [6, 6.07) is 7.67. The largest absolute Gasteiger partial charge is 0.494 e. The molecule has 0 aliphatic carbocycles. The molecule has 8 nitrogen and oxygen atoms in total. The van der Waals surface area contributed by atoms with Crippen LogP contribution in [0.25, 0.3) is 0 Å². The number of anilines is 2. The Hall–Kier alpha value is -2.79. The van der Waals surface area contributed by atoms with Crippen LogP contribution in [0.15, 0.2) is 23.3 Å². The molecule has 27 heavy (non-hydrogen) atoms. The van der Waals surface area contributed by atoms with Gasteiger partial charge >= 0.3 is 0 Å². The first kappa shape index (κ1) is 19.0. The number of nitrogens with two attached hydrogens (primary N) is 1. The fourth-order valence-corrected chi connectivity index (χ4v) is 3.93. The van der Waals surface area contributed by atoms with Gasteiger partial charge in [-0.25, -0.2) is 0 Å². The first-order chi connectivity index (χ1) is 13.1. The third kappa shape index (κ3) is 4.31.